The lowest BCUT2D eigenvalue weighted by Crippen LogP contribution is -2.19. The van der Waals surface area contributed by atoms with E-state index in [1.807, 2.05) is 12.2 Å². The van der Waals surface area contributed by atoms with E-state index in [0.29, 0.717) is 22.3 Å². The summed E-state index contributed by atoms with van der Waals surface area (Å²) >= 11 is 0. The van der Waals surface area contributed by atoms with Crippen LogP contribution in [0.5, 0.6) is 0 Å². The van der Waals surface area contributed by atoms with Gasteiger partial charge in [0.15, 0.2) is 11.6 Å². The van der Waals surface area contributed by atoms with Gasteiger partial charge in [0.2, 0.25) is 0 Å². The highest BCUT2D eigenvalue weighted by Crippen LogP contribution is 2.25. The Labute approximate surface area is 109 Å². The minimum Gasteiger partial charge on any atom is -0.289 e. The summed E-state index contributed by atoms with van der Waals surface area (Å²) < 4.78 is 0. The van der Waals surface area contributed by atoms with E-state index < -0.39 is 0 Å². The molecular formula is C16H22O2. The van der Waals surface area contributed by atoms with E-state index in [1.165, 1.54) is 12.8 Å². The number of carbonyl (C=O) groups is 2. The fraction of sp³-hybridized carbons (Fsp3) is 0.500. The predicted molar refractivity (Wildman–Crippen MR) is 74.4 cm³/mol. The van der Waals surface area contributed by atoms with Crippen LogP contribution in [-0.4, -0.2) is 11.6 Å². The van der Waals surface area contributed by atoms with E-state index in [9.17, 15) is 9.59 Å². The number of Topliss-reactive ketones (excluding diaryl/α,β-unsaturated/α-hetero) is 2. The van der Waals surface area contributed by atoms with Crippen molar-refractivity contribution in [3.63, 3.8) is 0 Å². The van der Waals surface area contributed by atoms with Crippen LogP contribution in [0, 0.1) is 0 Å². The first-order chi connectivity index (χ1) is 8.50. The van der Waals surface area contributed by atoms with Gasteiger partial charge in [-0.25, -0.2) is 0 Å². The van der Waals surface area contributed by atoms with Gasteiger partial charge in [0, 0.05) is 22.3 Å². The lowest BCUT2D eigenvalue weighted by atomic mass is 9.86. The quantitative estimate of drug-likeness (QED) is 0.544. The van der Waals surface area contributed by atoms with Crippen molar-refractivity contribution in [2.75, 3.05) is 0 Å². The largest absolute Gasteiger partial charge is 0.289 e. The number of hydrogen-bond donors (Lipinski definition) is 0. The molecule has 2 nitrogen and oxygen atoms in total. The number of allylic oxidation sites excluding steroid dienone is 6. The van der Waals surface area contributed by atoms with E-state index >= 15 is 0 Å². The number of unbranched alkanes of at least 4 members (excludes halogenated alkanes) is 3. The highest BCUT2D eigenvalue weighted by molar-refractivity contribution is 6.25. The van der Waals surface area contributed by atoms with Gasteiger partial charge in [-0.3, -0.25) is 9.59 Å². The molecule has 0 atom stereocenters. The molecule has 0 bridgehead atoms. The highest BCUT2D eigenvalue weighted by Gasteiger charge is 2.25. The van der Waals surface area contributed by atoms with E-state index in [0.717, 1.165) is 12.8 Å². The summed E-state index contributed by atoms with van der Waals surface area (Å²) in [5.74, 6) is -0.00310. The van der Waals surface area contributed by atoms with Crippen molar-refractivity contribution in [1.29, 1.82) is 0 Å². The normalized spacial score (nSPS) is 17.3. The maximum Gasteiger partial charge on any atom is 0.189 e. The van der Waals surface area contributed by atoms with Gasteiger partial charge in [-0.2, -0.15) is 0 Å². The van der Waals surface area contributed by atoms with Crippen molar-refractivity contribution in [2.24, 2.45) is 0 Å². The fourth-order valence-corrected chi connectivity index (χ4v) is 2.03. The number of carbonyl (C=O) groups excluding carboxylic acids is 2. The van der Waals surface area contributed by atoms with Crippen LogP contribution < -0.4 is 0 Å². The molecule has 1 aliphatic rings. The van der Waals surface area contributed by atoms with Gasteiger partial charge in [0.05, 0.1) is 0 Å². The summed E-state index contributed by atoms with van der Waals surface area (Å²) in [4.78, 5) is 24.0. The summed E-state index contributed by atoms with van der Waals surface area (Å²) in [6.45, 7) is 7.35. The summed E-state index contributed by atoms with van der Waals surface area (Å²) in [7, 11) is 0. The summed E-state index contributed by atoms with van der Waals surface area (Å²) in [5, 5.41) is 0. The van der Waals surface area contributed by atoms with Crippen LogP contribution in [0.1, 0.15) is 53.4 Å². The van der Waals surface area contributed by atoms with Crippen molar-refractivity contribution in [3.05, 3.63) is 34.4 Å². The van der Waals surface area contributed by atoms with Gasteiger partial charge in [0.25, 0.3) is 0 Å². The molecule has 0 amide bonds. The van der Waals surface area contributed by atoms with Gasteiger partial charge in [-0.05, 0) is 33.6 Å². The molecule has 0 fully saturated rings. The Bertz CT molecular complexity index is 448. The Morgan fingerprint density at radius 3 is 2.11 bits per heavy atom. The molecule has 0 saturated carbocycles. The summed E-state index contributed by atoms with van der Waals surface area (Å²) in [6.07, 6.45) is 8.32. The van der Waals surface area contributed by atoms with E-state index in [-0.39, 0.29) is 11.6 Å². The second-order valence-electron chi connectivity index (χ2n) is 4.85. The Balaban J connectivity index is 2.82. The van der Waals surface area contributed by atoms with Crippen molar-refractivity contribution >= 4 is 11.6 Å². The molecule has 0 aromatic rings. The molecule has 0 unspecified atom stereocenters. The van der Waals surface area contributed by atoms with E-state index in [2.05, 4.69) is 6.92 Å². The van der Waals surface area contributed by atoms with Gasteiger partial charge >= 0.3 is 0 Å². The zero-order valence-electron chi connectivity index (χ0n) is 11.8. The van der Waals surface area contributed by atoms with Crippen LogP contribution in [-0.2, 0) is 9.59 Å². The first-order valence-electron chi connectivity index (χ1n) is 6.65. The van der Waals surface area contributed by atoms with Crippen LogP contribution in [0.2, 0.25) is 0 Å². The minimum absolute atomic E-state index is 0.000285. The third-order valence-electron chi connectivity index (χ3n) is 3.49. The van der Waals surface area contributed by atoms with Crippen LogP contribution in [0.25, 0.3) is 0 Å². The molecule has 98 valence electrons. The van der Waals surface area contributed by atoms with Crippen molar-refractivity contribution in [3.8, 4) is 0 Å². The molecule has 0 aromatic heterocycles. The van der Waals surface area contributed by atoms with Crippen molar-refractivity contribution < 1.29 is 9.59 Å². The number of rotatable bonds is 5. The van der Waals surface area contributed by atoms with Crippen LogP contribution in [0.15, 0.2) is 34.4 Å². The number of ketones is 2. The smallest absolute Gasteiger partial charge is 0.189 e. The Hall–Kier alpha value is -1.44. The maximum absolute atomic E-state index is 12.1. The van der Waals surface area contributed by atoms with Crippen molar-refractivity contribution in [2.45, 2.75) is 53.4 Å². The molecule has 0 N–H and O–H groups in total. The fourth-order valence-electron chi connectivity index (χ4n) is 2.03. The summed E-state index contributed by atoms with van der Waals surface area (Å²) in [6, 6.07) is 0. The predicted octanol–water partition coefficient (Wildman–Crippen LogP) is 3.93. The van der Waals surface area contributed by atoms with Crippen LogP contribution in [0.4, 0.5) is 0 Å². The van der Waals surface area contributed by atoms with Gasteiger partial charge in [-0.15, -0.1) is 0 Å². The molecule has 0 radical (unpaired) electrons. The first-order valence-corrected chi connectivity index (χ1v) is 6.65. The Kier molecular flexibility index (Phi) is 5.26. The SMILES string of the molecule is CCCCC/C=C/C1=C(C)C(=O)C(C)=C(C)C1=O. The molecule has 0 heterocycles. The molecule has 2 heteroatoms. The molecule has 0 saturated heterocycles. The molecule has 0 spiro atoms. The lowest BCUT2D eigenvalue weighted by Gasteiger charge is -2.16. The third kappa shape index (κ3) is 3.06. The molecule has 0 aliphatic heterocycles. The second kappa shape index (κ2) is 6.48. The Morgan fingerprint density at radius 2 is 1.50 bits per heavy atom. The highest BCUT2D eigenvalue weighted by atomic mass is 16.1. The molecule has 0 aromatic carbocycles. The van der Waals surface area contributed by atoms with Gasteiger partial charge in [-0.1, -0.05) is 31.9 Å². The monoisotopic (exact) mass is 246 g/mol. The minimum atomic E-state index is -0.00339. The van der Waals surface area contributed by atoms with Gasteiger partial charge in [0.1, 0.15) is 0 Å². The van der Waals surface area contributed by atoms with Crippen LogP contribution in [0.3, 0.4) is 0 Å². The zero-order chi connectivity index (χ0) is 13.7. The second-order valence-corrected chi connectivity index (χ2v) is 4.85. The molecule has 1 rings (SSSR count). The standard InChI is InChI=1S/C16H22O2/c1-5-6-7-8-9-10-14-13(4)15(17)11(2)12(3)16(14)18/h9-10H,5-8H2,1-4H3/b10-9+. The molecule has 18 heavy (non-hydrogen) atoms. The Morgan fingerprint density at radius 1 is 0.889 bits per heavy atom. The topological polar surface area (TPSA) is 34.1 Å². The zero-order valence-corrected chi connectivity index (χ0v) is 11.8. The third-order valence-corrected chi connectivity index (χ3v) is 3.49. The van der Waals surface area contributed by atoms with Gasteiger partial charge < -0.3 is 0 Å². The van der Waals surface area contributed by atoms with Crippen molar-refractivity contribution in [1.82, 2.24) is 0 Å². The van der Waals surface area contributed by atoms with Crippen LogP contribution >= 0.6 is 0 Å². The average molecular weight is 246 g/mol. The van der Waals surface area contributed by atoms with E-state index in [1.54, 1.807) is 20.8 Å². The molecule has 1 aliphatic carbocycles. The lowest BCUT2D eigenvalue weighted by molar-refractivity contribution is -0.116. The first kappa shape index (κ1) is 14.6. The number of hydrogen-bond acceptors (Lipinski definition) is 2. The van der Waals surface area contributed by atoms with E-state index in [4.69, 9.17) is 0 Å². The molecular weight excluding hydrogens is 224 g/mol. The summed E-state index contributed by atoms with van der Waals surface area (Å²) in [5.41, 5.74) is 2.31. The average Bonchev–Trinajstić information content (AvgIpc) is 2.37. The maximum atomic E-state index is 12.1.